The Morgan fingerprint density at radius 2 is 2.17 bits per heavy atom. The fourth-order valence-electron chi connectivity index (χ4n) is 2.20. The number of carbonyl (C=O) groups is 2. The summed E-state index contributed by atoms with van der Waals surface area (Å²) < 4.78 is 0. The Labute approximate surface area is 71.7 Å². The minimum absolute atomic E-state index is 0.0926. The molecule has 1 heterocycles. The molecule has 1 saturated heterocycles. The van der Waals surface area contributed by atoms with E-state index in [1.54, 1.807) is 11.9 Å². The third-order valence-corrected chi connectivity index (χ3v) is 3.05. The van der Waals surface area contributed by atoms with Crippen LogP contribution >= 0.6 is 0 Å². The second kappa shape index (κ2) is 2.57. The lowest BCUT2D eigenvalue weighted by Crippen LogP contribution is -2.50. The molecule has 66 valence electrons. The van der Waals surface area contributed by atoms with Crippen LogP contribution in [-0.4, -0.2) is 29.7 Å². The highest BCUT2D eigenvalue weighted by Gasteiger charge is 2.38. The number of carbonyl (C=O) groups excluding carboxylic acids is 2. The number of hydrogen-bond donors (Lipinski definition) is 0. The number of ketones is 1. The first-order chi connectivity index (χ1) is 5.68. The molecule has 1 amide bonds. The number of fused-ring (bicyclic) bond motifs is 2. The Balaban J connectivity index is 2.21. The summed E-state index contributed by atoms with van der Waals surface area (Å²) in [5, 5.41) is 0. The van der Waals surface area contributed by atoms with Crippen molar-refractivity contribution in [1.29, 1.82) is 0 Å². The molecule has 0 spiro atoms. The molecular weight excluding hydrogens is 154 g/mol. The van der Waals surface area contributed by atoms with Gasteiger partial charge < -0.3 is 4.90 Å². The van der Waals surface area contributed by atoms with Crippen LogP contribution in [0.2, 0.25) is 0 Å². The molecule has 2 bridgehead atoms. The van der Waals surface area contributed by atoms with E-state index in [0.717, 1.165) is 12.8 Å². The van der Waals surface area contributed by atoms with E-state index in [9.17, 15) is 9.59 Å². The highest BCUT2D eigenvalue weighted by Crippen LogP contribution is 2.32. The van der Waals surface area contributed by atoms with Crippen molar-refractivity contribution in [2.75, 3.05) is 7.05 Å². The van der Waals surface area contributed by atoms with Gasteiger partial charge in [0.2, 0.25) is 5.91 Å². The van der Waals surface area contributed by atoms with Gasteiger partial charge in [-0.15, -0.1) is 0 Å². The van der Waals surface area contributed by atoms with E-state index < -0.39 is 0 Å². The fourth-order valence-corrected chi connectivity index (χ4v) is 2.20. The summed E-state index contributed by atoms with van der Waals surface area (Å²) in [6.45, 7) is 0. The van der Waals surface area contributed by atoms with Crippen molar-refractivity contribution in [3.8, 4) is 0 Å². The number of amides is 1. The van der Waals surface area contributed by atoms with E-state index in [1.807, 2.05) is 0 Å². The van der Waals surface area contributed by atoms with Crippen LogP contribution in [0.4, 0.5) is 0 Å². The second-order valence-electron chi connectivity index (χ2n) is 3.83. The van der Waals surface area contributed by atoms with E-state index in [4.69, 9.17) is 0 Å². The number of rotatable bonds is 0. The smallest absolute Gasteiger partial charge is 0.223 e. The van der Waals surface area contributed by atoms with Gasteiger partial charge in [-0.25, -0.2) is 0 Å². The zero-order valence-corrected chi connectivity index (χ0v) is 7.25. The van der Waals surface area contributed by atoms with Crippen LogP contribution in [0.15, 0.2) is 0 Å². The van der Waals surface area contributed by atoms with Gasteiger partial charge in [0.15, 0.2) is 5.78 Å². The summed E-state index contributed by atoms with van der Waals surface area (Å²) in [5.74, 6) is 0.877. The van der Waals surface area contributed by atoms with Gasteiger partial charge in [0.1, 0.15) is 0 Å². The molecule has 1 aliphatic carbocycles. The first kappa shape index (κ1) is 7.77. The number of Topliss-reactive ketones (excluding diaryl/α,β-unsaturated/α-hetero) is 1. The molecule has 2 aliphatic rings. The second-order valence-corrected chi connectivity index (χ2v) is 3.83. The van der Waals surface area contributed by atoms with Gasteiger partial charge in [-0.3, -0.25) is 9.59 Å². The van der Waals surface area contributed by atoms with E-state index in [-0.39, 0.29) is 17.7 Å². The predicted octanol–water partition coefficient (Wildman–Crippen LogP) is 0.586. The number of piperidine rings is 1. The monoisotopic (exact) mass is 167 g/mol. The number of likely N-dealkylation sites (N-methyl/N-ethyl adjacent to an activating group) is 1. The summed E-state index contributed by atoms with van der Waals surface area (Å²) in [6.07, 6.45) is 3.16. The molecule has 2 fully saturated rings. The van der Waals surface area contributed by atoms with E-state index in [0.29, 0.717) is 18.8 Å². The Kier molecular flexibility index (Phi) is 1.67. The van der Waals surface area contributed by atoms with Crippen molar-refractivity contribution in [1.82, 2.24) is 4.90 Å². The Morgan fingerprint density at radius 1 is 1.42 bits per heavy atom. The van der Waals surface area contributed by atoms with E-state index in [2.05, 4.69) is 0 Å². The highest BCUT2D eigenvalue weighted by molar-refractivity contribution is 5.91. The third-order valence-electron chi connectivity index (χ3n) is 3.05. The molecule has 0 unspecified atom stereocenters. The van der Waals surface area contributed by atoms with Gasteiger partial charge in [-0.2, -0.15) is 0 Å². The van der Waals surface area contributed by atoms with Gasteiger partial charge in [0, 0.05) is 19.9 Å². The minimum Gasteiger partial charge on any atom is -0.336 e. The lowest BCUT2D eigenvalue weighted by atomic mass is 9.79. The van der Waals surface area contributed by atoms with Crippen molar-refractivity contribution in [2.24, 2.45) is 5.92 Å². The number of nitrogens with zero attached hydrogens (tertiary/aromatic N) is 1. The van der Waals surface area contributed by atoms with Crippen molar-refractivity contribution in [3.63, 3.8) is 0 Å². The standard InChI is InChI=1S/C9H13NO2/c1-10-7-4-6(5-9(10)12)2-3-8(7)11/h6-7H,2-5H2,1H3/t6-,7-/m1/s1. The third kappa shape index (κ3) is 1.04. The molecule has 0 aromatic carbocycles. The van der Waals surface area contributed by atoms with Gasteiger partial charge >= 0.3 is 0 Å². The Morgan fingerprint density at radius 3 is 2.92 bits per heavy atom. The zero-order chi connectivity index (χ0) is 8.72. The molecular formula is C9H13NO2. The molecule has 3 nitrogen and oxygen atoms in total. The topological polar surface area (TPSA) is 37.4 Å². The van der Waals surface area contributed by atoms with Crippen LogP contribution in [-0.2, 0) is 9.59 Å². The van der Waals surface area contributed by atoms with Crippen LogP contribution in [0.1, 0.15) is 25.7 Å². The first-order valence-electron chi connectivity index (χ1n) is 4.47. The minimum atomic E-state index is -0.0926. The summed E-state index contributed by atoms with van der Waals surface area (Å²) in [4.78, 5) is 24.3. The summed E-state index contributed by atoms with van der Waals surface area (Å²) in [6, 6.07) is -0.0926. The van der Waals surface area contributed by atoms with Crippen LogP contribution in [0.5, 0.6) is 0 Å². The largest absolute Gasteiger partial charge is 0.336 e. The average Bonchev–Trinajstić information content (AvgIpc) is 2.06. The van der Waals surface area contributed by atoms with E-state index >= 15 is 0 Å². The fraction of sp³-hybridized carbons (Fsp3) is 0.778. The predicted molar refractivity (Wildman–Crippen MR) is 43.5 cm³/mol. The van der Waals surface area contributed by atoms with Gasteiger partial charge in [-0.05, 0) is 18.8 Å². The maximum atomic E-state index is 11.4. The van der Waals surface area contributed by atoms with E-state index in [1.165, 1.54) is 0 Å². The lowest BCUT2D eigenvalue weighted by molar-refractivity contribution is -0.146. The highest BCUT2D eigenvalue weighted by atomic mass is 16.2. The summed E-state index contributed by atoms with van der Waals surface area (Å²) >= 11 is 0. The molecule has 12 heavy (non-hydrogen) atoms. The van der Waals surface area contributed by atoms with Crippen LogP contribution < -0.4 is 0 Å². The van der Waals surface area contributed by atoms with Crippen LogP contribution in [0.25, 0.3) is 0 Å². The normalized spacial score (nSPS) is 35.6. The van der Waals surface area contributed by atoms with Gasteiger partial charge in [-0.1, -0.05) is 0 Å². The lowest BCUT2D eigenvalue weighted by Gasteiger charge is -2.39. The first-order valence-corrected chi connectivity index (χ1v) is 4.47. The molecule has 0 N–H and O–H groups in total. The van der Waals surface area contributed by atoms with Crippen molar-refractivity contribution >= 4 is 11.7 Å². The molecule has 2 rings (SSSR count). The molecule has 1 saturated carbocycles. The van der Waals surface area contributed by atoms with Crippen LogP contribution in [0.3, 0.4) is 0 Å². The zero-order valence-electron chi connectivity index (χ0n) is 7.25. The summed E-state index contributed by atoms with van der Waals surface area (Å²) in [5.41, 5.74) is 0. The maximum Gasteiger partial charge on any atom is 0.223 e. The summed E-state index contributed by atoms with van der Waals surface area (Å²) in [7, 11) is 1.74. The molecule has 0 aromatic rings. The van der Waals surface area contributed by atoms with Gasteiger partial charge in [0.05, 0.1) is 6.04 Å². The van der Waals surface area contributed by atoms with Gasteiger partial charge in [0.25, 0.3) is 0 Å². The molecule has 0 radical (unpaired) electrons. The Bertz CT molecular complexity index is 235. The van der Waals surface area contributed by atoms with Crippen LogP contribution in [0, 0.1) is 5.92 Å². The van der Waals surface area contributed by atoms with Crippen molar-refractivity contribution in [3.05, 3.63) is 0 Å². The van der Waals surface area contributed by atoms with Crippen molar-refractivity contribution in [2.45, 2.75) is 31.7 Å². The van der Waals surface area contributed by atoms with Crippen molar-refractivity contribution < 1.29 is 9.59 Å². The quantitative estimate of drug-likeness (QED) is 0.529. The molecule has 1 aliphatic heterocycles. The molecule has 2 atom stereocenters. The molecule has 0 aromatic heterocycles. The Hall–Kier alpha value is -0.860. The average molecular weight is 167 g/mol. The number of likely N-dealkylation sites (tertiary alicyclic amines) is 1. The number of hydrogen-bond acceptors (Lipinski definition) is 2. The maximum absolute atomic E-state index is 11.4. The SMILES string of the molecule is CN1C(=O)C[C@@H]2CCC(=O)[C@H]1C2. The molecule has 3 heteroatoms.